The van der Waals surface area contributed by atoms with Crippen LogP contribution in [0.4, 0.5) is 0 Å². The van der Waals surface area contributed by atoms with Gasteiger partial charge in [0.15, 0.2) is 5.58 Å². The maximum Gasteiger partial charge on any atom is 0.227 e. The minimum Gasteiger partial charge on any atom is -0.496 e. The fraction of sp³-hybridized carbons (Fsp3) is 0.235. The molecule has 1 heterocycles. The van der Waals surface area contributed by atoms with E-state index in [-0.39, 0.29) is 0 Å². The van der Waals surface area contributed by atoms with Gasteiger partial charge in [0.2, 0.25) is 5.89 Å². The number of para-hydroxylation sites is 2. The minimum atomic E-state index is 0.558. The summed E-state index contributed by atoms with van der Waals surface area (Å²) in [5.41, 5.74) is 7.89. The highest BCUT2D eigenvalue weighted by atomic mass is 16.5. The Morgan fingerprint density at radius 1 is 1.00 bits per heavy atom. The molecule has 3 aromatic rings. The van der Waals surface area contributed by atoms with Crippen LogP contribution in [0.2, 0.25) is 0 Å². The van der Waals surface area contributed by atoms with Gasteiger partial charge in [-0.1, -0.05) is 12.1 Å². The number of oxazole rings is 1. The highest BCUT2D eigenvalue weighted by Gasteiger charge is 2.13. The van der Waals surface area contributed by atoms with E-state index in [1.165, 1.54) is 7.05 Å². The average molecular weight is 300 g/mol. The van der Waals surface area contributed by atoms with Gasteiger partial charge in [-0.25, -0.2) is 4.98 Å². The van der Waals surface area contributed by atoms with Crippen LogP contribution in [0.25, 0.3) is 22.6 Å². The zero-order chi connectivity index (χ0) is 16.1. The third-order valence-corrected chi connectivity index (χ3v) is 3.29. The molecule has 0 spiro atoms. The molecule has 0 bridgehead atoms. The lowest BCUT2D eigenvalue weighted by molar-refractivity contribution is 0.389. The van der Waals surface area contributed by atoms with Crippen molar-refractivity contribution in [1.82, 2.24) is 4.98 Å². The number of nitrogens with zero attached hydrogens (tertiary/aromatic N) is 1. The van der Waals surface area contributed by atoms with Crippen LogP contribution in [0.5, 0.6) is 11.5 Å². The van der Waals surface area contributed by atoms with E-state index < -0.39 is 0 Å². The van der Waals surface area contributed by atoms with Gasteiger partial charge in [-0.3, -0.25) is 0 Å². The third-order valence-electron chi connectivity index (χ3n) is 3.29. The van der Waals surface area contributed by atoms with Gasteiger partial charge in [-0.15, -0.1) is 0 Å². The highest BCUT2D eigenvalue weighted by molar-refractivity contribution is 5.76. The molecule has 0 amide bonds. The lowest BCUT2D eigenvalue weighted by Gasteiger charge is -2.11. The molecule has 5 nitrogen and oxygen atoms in total. The van der Waals surface area contributed by atoms with Gasteiger partial charge in [0.25, 0.3) is 0 Å². The first-order valence-corrected chi connectivity index (χ1v) is 6.89. The molecule has 2 aromatic carbocycles. The predicted molar refractivity (Wildman–Crippen MR) is 87.4 cm³/mol. The van der Waals surface area contributed by atoms with Crippen molar-refractivity contribution in [3.63, 3.8) is 0 Å². The van der Waals surface area contributed by atoms with Gasteiger partial charge in [0, 0.05) is 11.1 Å². The van der Waals surface area contributed by atoms with Crippen molar-refractivity contribution >= 4 is 11.1 Å². The normalized spacial score (nSPS) is 10.0. The quantitative estimate of drug-likeness (QED) is 0.802. The molecule has 1 aromatic heterocycles. The van der Waals surface area contributed by atoms with Crippen molar-refractivity contribution < 1.29 is 13.9 Å². The molecule has 0 aliphatic rings. The topological polar surface area (TPSA) is 70.5 Å². The van der Waals surface area contributed by atoms with E-state index >= 15 is 0 Å². The fourth-order valence-corrected chi connectivity index (χ4v) is 2.21. The number of hydrogen-bond acceptors (Lipinski definition) is 5. The number of fused-ring (bicyclic) bond motifs is 1. The van der Waals surface area contributed by atoms with Crippen molar-refractivity contribution in [3.8, 4) is 23.0 Å². The summed E-state index contributed by atoms with van der Waals surface area (Å²) in [5.74, 6) is 2.06. The number of nitrogens with two attached hydrogens (primary N) is 1. The van der Waals surface area contributed by atoms with Crippen molar-refractivity contribution in [2.75, 3.05) is 21.3 Å². The summed E-state index contributed by atoms with van der Waals surface area (Å²) in [6.07, 6.45) is 0. The van der Waals surface area contributed by atoms with Gasteiger partial charge < -0.3 is 19.6 Å². The van der Waals surface area contributed by atoms with Gasteiger partial charge >= 0.3 is 0 Å². The van der Waals surface area contributed by atoms with E-state index in [4.69, 9.17) is 13.9 Å². The average Bonchev–Trinajstić information content (AvgIpc) is 3.01. The van der Waals surface area contributed by atoms with Gasteiger partial charge in [0.1, 0.15) is 17.0 Å². The Bertz CT molecular complexity index is 707. The summed E-state index contributed by atoms with van der Waals surface area (Å²) in [7, 11) is 4.77. The first-order valence-electron chi connectivity index (χ1n) is 6.89. The molecule has 0 saturated heterocycles. The van der Waals surface area contributed by atoms with Crippen molar-refractivity contribution in [1.29, 1.82) is 0 Å². The third kappa shape index (κ3) is 2.89. The standard InChI is InChI=1S/C16H15NO3.CH5N/c1-10-14(18-2)8-11(9-15(10)19-3)16-17-12-6-4-5-7-13(12)20-16;1-2/h4-9H,1-3H3;2H2,1H3. The molecule has 22 heavy (non-hydrogen) atoms. The minimum absolute atomic E-state index is 0.558. The number of aromatic nitrogens is 1. The smallest absolute Gasteiger partial charge is 0.227 e. The van der Waals surface area contributed by atoms with Crippen LogP contribution in [0.15, 0.2) is 40.8 Å². The van der Waals surface area contributed by atoms with E-state index in [1.807, 2.05) is 43.3 Å². The number of ether oxygens (including phenoxy) is 2. The van der Waals surface area contributed by atoms with E-state index in [0.29, 0.717) is 5.89 Å². The van der Waals surface area contributed by atoms with Crippen LogP contribution >= 0.6 is 0 Å². The van der Waals surface area contributed by atoms with Gasteiger partial charge in [-0.2, -0.15) is 0 Å². The molecular formula is C17H20N2O3. The van der Waals surface area contributed by atoms with Crippen LogP contribution in [0, 0.1) is 6.92 Å². The van der Waals surface area contributed by atoms with Gasteiger partial charge in [0.05, 0.1) is 14.2 Å². The molecule has 5 heteroatoms. The van der Waals surface area contributed by atoms with Crippen LogP contribution in [0.1, 0.15) is 5.56 Å². The summed E-state index contributed by atoms with van der Waals surface area (Å²) >= 11 is 0. The van der Waals surface area contributed by atoms with Crippen LogP contribution < -0.4 is 15.2 Å². The predicted octanol–water partition coefficient (Wildman–Crippen LogP) is 3.40. The first-order chi connectivity index (χ1) is 10.7. The number of benzene rings is 2. The molecule has 0 fully saturated rings. The lowest BCUT2D eigenvalue weighted by Crippen LogP contribution is -1.93. The summed E-state index contributed by atoms with van der Waals surface area (Å²) in [6.45, 7) is 1.95. The Hall–Kier alpha value is -2.53. The Balaban J connectivity index is 0.000000847. The second-order valence-corrected chi connectivity index (χ2v) is 4.49. The van der Waals surface area contributed by atoms with E-state index in [0.717, 1.165) is 33.7 Å². The molecule has 0 aliphatic heterocycles. The Morgan fingerprint density at radius 3 is 2.14 bits per heavy atom. The zero-order valence-corrected chi connectivity index (χ0v) is 13.2. The monoisotopic (exact) mass is 300 g/mol. The molecule has 0 saturated carbocycles. The molecule has 116 valence electrons. The van der Waals surface area contributed by atoms with E-state index in [1.54, 1.807) is 14.2 Å². The van der Waals surface area contributed by atoms with Crippen molar-refractivity contribution in [3.05, 3.63) is 42.0 Å². The molecule has 2 N–H and O–H groups in total. The number of rotatable bonds is 3. The molecule has 0 radical (unpaired) electrons. The second-order valence-electron chi connectivity index (χ2n) is 4.49. The maximum atomic E-state index is 5.77. The number of methoxy groups -OCH3 is 2. The summed E-state index contributed by atoms with van der Waals surface area (Å²) in [4.78, 5) is 4.49. The SMILES string of the molecule is CN.COc1cc(-c2nc3ccccc3o2)cc(OC)c1C. The van der Waals surface area contributed by atoms with Crippen LogP contribution in [0.3, 0.4) is 0 Å². The summed E-state index contributed by atoms with van der Waals surface area (Å²) in [6, 6.07) is 11.5. The van der Waals surface area contributed by atoms with Crippen LogP contribution in [-0.4, -0.2) is 26.3 Å². The molecule has 0 atom stereocenters. The second kappa shape index (κ2) is 6.95. The highest BCUT2D eigenvalue weighted by Crippen LogP contribution is 2.34. The first kappa shape index (κ1) is 15.9. The summed E-state index contributed by atoms with van der Waals surface area (Å²) < 4.78 is 16.5. The molecular weight excluding hydrogens is 280 g/mol. The van der Waals surface area contributed by atoms with Gasteiger partial charge in [-0.05, 0) is 38.2 Å². The molecule has 0 aliphatic carbocycles. The zero-order valence-electron chi connectivity index (χ0n) is 13.2. The largest absolute Gasteiger partial charge is 0.496 e. The van der Waals surface area contributed by atoms with Crippen molar-refractivity contribution in [2.24, 2.45) is 5.73 Å². The van der Waals surface area contributed by atoms with E-state index in [2.05, 4.69) is 10.7 Å². The molecule has 0 unspecified atom stereocenters. The Morgan fingerprint density at radius 2 is 1.59 bits per heavy atom. The Kier molecular flexibility index (Phi) is 5.01. The van der Waals surface area contributed by atoms with E-state index in [9.17, 15) is 0 Å². The summed E-state index contributed by atoms with van der Waals surface area (Å²) in [5, 5.41) is 0. The van der Waals surface area contributed by atoms with Crippen LogP contribution in [-0.2, 0) is 0 Å². The maximum absolute atomic E-state index is 5.77. The lowest BCUT2D eigenvalue weighted by atomic mass is 10.1. The Labute approximate surface area is 129 Å². The fourth-order valence-electron chi connectivity index (χ4n) is 2.21. The molecule has 3 rings (SSSR count). The number of hydrogen-bond donors (Lipinski definition) is 1. The van der Waals surface area contributed by atoms with Crippen molar-refractivity contribution in [2.45, 2.75) is 6.92 Å².